The first kappa shape index (κ1) is 18.9. The van der Waals surface area contributed by atoms with Crippen LogP contribution >= 0.6 is 11.3 Å². The Hall–Kier alpha value is -2.41. The van der Waals surface area contributed by atoms with Crippen LogP contribution in [0.15, 0.2) is 24.3 Å². The molecular formula is C18H23N3O3S. The number of aryl methyl sites for hydroxylation is 1. The molecule has 0 fully saturated rings. The first-order chi connectivity index (χ1) is 11.8. The van der Waals surface area contributed by atoms with Gasteiger partial charge in [0.2, 0.25) is 0 Å². The molecule has 25 heavy (non-hydrogen) atoms. The zero-order chi connectivity index (χ0) is 18.6. The number of carbonyl (C=O) groups excluding carboxylic acids is 2. The maximum Gasteiger partial charge on any atom is 0.267 e. The van der Waals surface area contributed by atoms with Crippen molar-refractivity contribution in [1.82, 2.24) is 9.88 Å². The molecule has 1 aromatic carbocycles. The molecule has 0 bridgehead atoms. The number of likely N-dealkylation sites (N-methyl/N-ethyl adjacent to an activating group) is 1. The molecule has 0 radical (unpaired) electrons. The second-order valence-corrected chi connectivity index (χ2v) is 7.21. The molecule has 134 valence electrons. The number of rotatable bonds is 6. The van der Waals surface area contributed by atoms with E-state index in [2.05, 4.69) is 24.1 Å². The van der Waals surface area contributed by atoms with Gasteiger partial charge >= 0.3 is 0 Å². The van der Waals surface area contributed by atoms with E-state index in [0.29, 0.717) is 22.2 Å². The summed E-state index contributed by atoms with van der Waals surface area (Å²) in [5.74, 6) is 0.591. The Kier molecular flexibility index (Phi) is 6.14. The number of amides is 2. The molecule has 0 spiro atoms. The lowest BCUT2D eigenvalue weighted by Crippen LogP contribution is -2.27. The zero-order valence-corrected chi connectivity index (χ0v) is 15.9. The standard InChI is InChI=1S/C18H23N3O3S/c1-11(2)18-19-12(3)16(25-18)17(23)20-13-6-8-14(9-7-13)24-10-15(22)21(4)5/h6-9,11H,10H2,1-5H3,(H,20,23). The minimum atomic E-state index is -0.168. The largest absolute Gasteiger partial charge is 0.484 e. The third-order valence-corrected chi connectivity index (χ3v) is 4.94. The van der Waals surface area contributed by atoms with Crippen LogP contribution in [0, 0.1) is 6.92 Å². The lowest BCUT2D eigenvalue weighted by molar-refractivity contribution is -0.130. The smallest absolute Gasteiger partial charge is 0.267 e. The molecule has 0 unspecified atom stereocenters. The van der Waals surface area contributed by atoms with Crippen LogP contribution in [0.1, 0.15) is 40.1 Å². The van der Waals surface area contributed by atoms with Gasteiger partial charge in [0.15, 0.2) is 6.61 Å². The second kappa shape index (κ2) is 8.11. The number of nitrogens with zero attached hydrogens (tertiary/aromatic N) is 2. The molecular weight excluding hydrogens is 338 g/mol. The Morgan fingerprint density at radius 2 is 1.88 bits per heavy atom. The molecule has 0 aliphatic heterocycles. The molecule has 2 rings (SSSR count). The number of aromatic nitrogens is 1. The molecule has 0 saturated heterocycles. The number of anilines is 1. The Morgan fingerprint density at radius 1 is 1.24 bits per heavy atom. The van der Waals surface area contributed by atoms with E-state index in [0.717, 1.165) is 10.7 Å². The van der Waals surface area contributed by atoms with Crippen LogP contribution in [0.3, 0.4) is 0 Å². The van der Waals surface area contributed by atoms with Gasteiger partial charge in [-0.1, -0.05) is 13.8 Å². The summed E-state index contributed by atoms with van der Waals surface area (Å²) in [4.78, 5) is 30.5. The first-order valence-corrected chi connectivity index (χ1v) is 8.81. The number of hydrogen-bond acceptors (Lipinski definition) is 5. The molecule has 7 heteroatoms. The summed E-state index contributed by atoms with van der Waals surface area (Å²) in [6.45, 7) is 5.94. The van der Waals surface area contributed by atoms with Crippen LogP contribution in [-0.4, -0.2) is 42.4 Å². The maximum atomic E-state index is 12.4. The van der Waals surface area contributed by atoms with Crippen molar-refractivity contribution < 1.29 is 14.3 Å². The van der Waals surface area contributed by atoms with Gasteiger partial charge in [-0.05, 0) is 31.2 Å². The van der Waals surface area contributed by atoms with Gasteiger partial charge in [0, 0.05) is 25.7 Å². The van der Waals surface area contributed by atoms with Crippen molar-refractivity contribution in [1.29, 1.82) is 0 Å². The molecule has 2 aromatic rings. The van der Waals surface area contributed by atoms with Crippen LogP contribution in [0.25, 0.3) is 0 Å². The molecule has 0 atom stereocenters. The highest BCUT2D eigenvalue weighted by atomic mass is 32.1. The van der Waals surface area contributed by atoms with Gasteiger partial charge in [-0.2, -0.15) is 0 Å². The van der Waals surface area contributed by atoms with E-state index in [1.807, 2.05) is 6.92 Å². The molecule has 1 N–H and O–H groups in total. The lowest BCUT2D eigenvalue weighted by Gasteiger charge is -2.11. The maximum absolute atomic E-state index is 12.4. The monoisotopic (exact) mass is 361 g/mol. The van der Waals surface area contributed by atoms with Crippen molar-refractivity contribution in [2.24, 2.45) is 0 Å². The van der Waals surface area contributed by atoms with E-state index in [9.17, 15) is 9.59 Å². The summed E-state index contributed by atoms with van der Waals surface area (Å²) < 4.78 is 5.41. The topological polar surface area (TPSA) is 71.5 Å². The van der Waals surface area contributed by atoms with Crippen molar-refractivity contribution in [2.75, 3.05) is 26.0 Å². The Labute approximate surface area is 151 Å². The number of benzene rings is 1. The van der Waals surface area contributed by atoms with Crippen LogP contribution in [0.2, 0.25) is 0 Å². The highest BCUT2D eigenvalue weighted by Crippen LogP contribution is 2.25. The van der Waals surface area contributed by atoms with Crippen LogP contribution in [-0.2, 0) is 4.79 Å². The fourth-order valence-electron chi connectivity index (χ4n) is 1.97. The van der Waals surface area contributed by atoms with Crippen LogP contribution in [0.4, 0.5) is 5.69 Å². The van der Waals surface area contributed by atoms with Crippen molar-refractivity contribution in [2.45, 2.75) is 26.7 Å². The number of thiazole rings is 1. The predicted molar refractivity (Wildman–Crippen MR) is 99.5 cm³/mol. The molecule has 0 aliphatic rings. The van der Waals surface area contributed by atoms with Gasteiger partial charge < -0.3 is 15.0 Å². The third-order valence-electron chi connectivity index (χ3n) is 3.49. The molecule has 0 aliphatic carbocycles. The van der Waals surface area contributed by atoms with E-state index in [1.165, 1.54) is 16.2 Å². The van der Waals surface area contributed by atoms with Gasteiger partial charge in [-0.25, -0.2) is 4.98 Å². The summed E-state index contributed by atoms with van der Waals surface area (Å²) >= 11 is 1.42. The number of carbonyl (C=O) groups is 2. The van der Waals surface area contributed by atoms with Crippen molar-refractivity contribution >= 4 is 28.8 Å². The van der Waals surface area contributed by atoms with Crippen molar-refractivity contribution in [3.63, 3.8) is 0 Å². The van der Waals surface area contributed by atoms with Crippen LogP contribution in [0.5, 0.6) is 5.75 Å². The van der Waals surface area contributed by atoms with Gasteiger partial charge in [0.1, 0.15) is 10.6 Å². The van der Waals surface area contributed by atoms with Crippen LogP contribution < -0.4 is 10.1 Å². The molecule has 2 amide bonds. The van der Waals surface area contributed by atoms with Crippen molar-refractivity contribution in [3.05, 3.63) is 39.8 Å². The second-order valence-electron chi connectivity index (χ2n) is 6.18. The van der Waals surface area contributed by atoms with Gasteiger partial charge in [0.05, 0.1) is 10.7 Å². The first-order valence-electron chi connectivity index (χ1n) is 7.99. The minimum absolute atomic E-state index is 0.0171. The number of nitrogens with one attached hydrogen (secondary N) is 1. The summed E-state index contributed by atoms with van der Waals surface area (Å²) in [6.07, 6.45) is 0. The average molecular weight is 361 g/mol. The summed E-state index contributed by atoms with van der Waals surface area (Å²) in [7, 11) is 3.35. The molecule has 0 saturated carbocycles. The van der Waals surface area contributed by atoms with Gasteiger partial charge in [-0.15, -0.1) is 11.3 Å². The normalized spacial score (nSPS) is 10.6. The van der Waals surface area contributed by atoms with E-state index in [-0.39, 0.29) is 18.4 Å². The molecule has 6 nitrogen and oxygen atoms in total. The van der Waals surface area contributed by atoms with Crippen molar-refractivity contribution in [3.8, 4) is 5.75 Å². The third kappa shape index (κ3) is 5.03. The Balaban J connectivity index is 1.99. The van der Waals surface area contributed by atoms with Gasteiger partial charge in [0.25, 0.3) is 11.8 Å². The lowest BCUT2D eigenvalue weighted by atomic mass is 10.2. The fourth-order valence-corrected chi connectivity index (χ4v) is 2.94. The van der Waals surface area contributed by atoms with E-state index in [1.54, 1.807) is 38.4 Å². The average Bonchev–Trinajstić information content (AvgIpc) is 2.96. The molecule has 1 heterocycles. The van der Waals surface area contributed by atoms with E-state index < -0.39 is 0 Å². The van der Waals surface area contributed by atoms with E-state index in [4.69, 9.17) is 4.74 Å². The molecule has 1 aromatic heterocycles. The highest BCUT2D eigenvalue weighted by Gasteiger charge is 2.17. The van der Waals surface area contributed by atoms with Gasteiger partial charge in [-0.3, -0.25) is 9.59 Å². The quantitative estimate of drug-likeness (QED) is 0.857. The highest BCUT2D eigenvalue weighted by molar-refractivity contribution is 7.14. The number of hydrogen-bond donors (Lipinski definition) is 1. The Bertz CT molecular complexity index is 751. The summed E-state index contributed by atoms with van der Waals surface area (Å²) in [5, 5.41) is 3.82. The summed E-state index contributed by atoms with van der Waals surface area (Å²) in [5.41, 5.74) is 1.41. The predicted octanol–water partition coefficient (Wildman–Crippen LogP) is 3.29. The van der Waals surface area contributed by atoms with E-state index >= 15 is 0 Å². The SMILES string of the molecule is Cc1nc(C(C)C)sc1C(=O)Nc1ccc(OCC(=O)N(C)C)cc1. The number of ether oxygens (including phenoxy) is 1. The summed E-state index contributed by atoms with van der Waals surface area (Å²) in [6, 6.07) is 6.93. The minimum Gasteiger partial charge on any atom is -0.484 e. The zero-order valence-electron chi connectivity index (χ0n) is 15.1. The fraction of sp³-hybridized carbons (Fsp3) is 0.389. The Morgan fingerprint density at radius 3 is 2.40 bits per heavy atom.